The van der Waals surface area contributed by atoms with Crippen molar-refractivity contribution in [3.8, 4) is 0 Å². The zero-order valence-electron chi connectivity index (χ0n) is 15.0. The van der Waals surface area contributed by atoms with Gasteiger partial charge < -0.3 is 14.6 Å². The Bertz CT molecular complexity index is 1010. The summed E-state index contributed by atoms with van der Waals surface area (Å²) in [5, 5.41) is 7.35. The van der Waals surface area contributed by atoms with Gasteiger partial charge in [-0.2, -0.15) is 0 Å². The number of para-hydroxylation sites is 3. The van der Waals surface area contributed by atoms with Crippen molar-refractivity contribution in [1.82, 2.24) is 14.5 Å². The number of methoxy groups -OCH3 is 1. The standard InChI is InChI=1S/C20H20N4OS2/c1-25-12-11-24-18-10-6-5-9-17(18)23-20(24)27-14-16-13-26-19(22-16)21-15-7-3-2-4-8-15/h2-10,13H,11-12,14H2,1H3,(H,21,22). The Morgan fingerprint density at radius 1 is 1.07 bits per heavy atom. The molecule has 0 aliphatic carbocycles. The molecule has 138 valence electrons. The minimum atomic E-state index is 0.662. The fraction of sp³-hybridized carbons (Fsp3) is 0.200. The van der Waals surface area contributed by atoms with Crippen molar-refractivity contribution < 1.29 is 4.74 Å². The molecule has 2 heterocycles. The molecule has 2 aromatic carbocycles. The minimum absolute atomic E-state index is 0.662. The third-order valence-corrected chi connectivity index (χ3v) is 5.88. The summed E-state index contributed by atoms with van der Waals surface area (Å²) in [5.41, 5.74) is 4.25. The number of anilines is 2. The molecule has 0 fully saturated rings. The van der Waals surface area contributed by atoms with E-state index in [9.17, 15) is 0 Å². The molecule has 0 spiro atoms. The molecule has 0 amide bonds. The first-order valence-electron chi connectivity index (χ1n) is 8.67. The molecule has 0 saturated heterocycles. The molecule has 0 aliphatic heterocycles. The normalized spacial score (nSPS) is 11.1. The SMILES string of the molecule is COCCn1c(SCc2csc(Nc3ccccc3)n2)nc2ccccc21. The van der Waals surface area contributed by atoms with Crippen LogP contribution >= 0.6 is 23.1 Å². The highest BCUT2D eigenvalue weighted by Gasteiger charge is 2.12. The van der Waals surface area contributed by atoms with Gasteiger partial charge >= 0.3 is 0 Å². The van der Waals surface area contributed by atoms with Crippen LogP contribution in [0.2, 0.25) is 0 Å². The molecule has 7 heteroatoms. The molecule has 0 bridgehead atoms. The fourth-order valence-electron chi connectivity index (χ4n) is 2.78. The minimum Gasteiger partial charge on any atom is -0.383 e. The molecule has 0 radical (unpaired) electrons. The summed E-state index contributed by atoms with van der Waals surface area (Å²) in [6.07, 6.45) is 0. The zero-order chi connectivity index (χ0) is 18.5. The molecule has 0 unspecified atom stereocenters. The van der Waals surface area contributed by atoms with Crippen molar-refractivity contribution in [2.24, 2.45) is 0 Å². The molecule has 4 rings (SSSR count). The van der Waals surface area contributed by atoms with Crippen LogP contribution in [-0.4, -0.2) is 28.3 Å². The number of fused-ring (bicyclic) bond motifs is 1. The largest absolute Gasteiger partial charge is 0.383 e. The third-order valence-electron chi connectivity index (χ3n) is 4.06. The lowest BCUT2D eigenvalue weighted by atomic mass is 10.3. The number of nitrogens with one attached hydrogen (secondary N) is 1. The van der Waals surface area contributed by atoms with Gasteiger partial charge in [-0.3, -0.25) is 0 Å². The lowest BCUT2D eigenvalue weighted by molar-refractivity contribution is 0.186. The number of hydrogen-bond acceptors (Lipinski definition) is 6. The Balaban J connectivity index is 1.47. The summed E-state index contributed by atoms with van der Waals surface area (Å²) in [6.45, 7) is 1.45. The average Bonchev–Trinajstić information content (AvgIpc) is 3.29. The van der Waals surface area contributed by atoms with E-state index < -0.39 is 0 Å². The first-order valence-corrected chi connectivity index (χ1v) is 10.5. The summed E-state index contributed by atoms with van der Waals surface area (Å²) >= 11 is 3.33. The van der Waals surface area contributed by atoms with Crippen LogP contribution in [0, 0.1) is 0 Å². The van der Waals surface area contributed by atoms with Crippen LogP contribution in [0.15, 0.2) is 65.1 Å². The molecule has 0 aliphatic rings. The third kappa shape index (κ3) is 4.32. The van der Waals surface area contributed by atoms with Crippen LogP contribution in [0.3, 0.4) is 0 Å². The summed E-state index contributed by atoms with van der Waals surface area (Å²) in [4.78, 5) is 9.48. The maximum atomic E-state index is 5.26. The lowest BCUT2D eigenvalue weighted by Gasteiger charge is -2.07. The average molecular weight is 397 g/mol. The van der Waals surface area contributed by atoms with E-state index in [0.717, 1.165) is 45.0 Å². The van der Waals surface area contributed by atoms with E-state index in [1.807, 2.05) is 48.5 Å². The van der Waals surface area contributed by atoms with Crippen molar-refractivity contribution in [1.29, 1.82) is 0 Å². The van der Waals surface area contributed by atoms with E-state index in [2.05, 4.69) is 21.3 Å². The van der Waals surface area contributed by atoms with Gasteiger partial charge in [0.15, 0.2) is 10.3 Å². The quantitative estimate of drug-likeness (QED) is 0.416. The topological polar surface area (TPSA) is 52.0 Å². The molecule has 0 atom stereocenters. The zero-order valence-corrected chi connectivity index (χ0v) is 16.6. The van der Waals surface area contributed by atoms with Gasteiger partial charge in [-0.1, -0.05) is 42.1 Å². The molecule has 0 saturated carbocycles. The predicted octanol–water partition coefficient (Wildman–Crippen LogP) is 5.18. The van der Waals surface area contributed by atoms with E-state index in [1.165, 1.54) is 0 Å². The van der Waals surface area contributed by atoms with Gasteiger partial charge in [0.1, 0.15) is 0 Å². The Hall–Kier alpha value is -2.35. The van der Waals surface area contributed by atoms with Crippen molar-refractivity contribution in [2.45, 2.75) is 17.5 Å². The molecule has 5 nitrogen and oxygen atoms in total. The molecule has 1 N–H and O–H groups in total. The Kier molecular flexibility index (Phi) is 5.72. The summed E-state index contributed by atoms with van der Waals surface area (Å²) < 4.78 is 7.49. The number of hydrogen-bond donors (Lipinski definition) is 1. The van der Waals surface area contributed by atoms with Crippen LogP contribution < -0.4 is 5.32 Å². The van der Waals surface area contributed by atoms with E-state index in [1.54, 1.807) is 30.2 Å². The predicted molar refractivity (Wildman–Crippen MR) is 113 cm³/mol. The van der Waals surface area contributed by atoms with Gasteiger partial charge in [0, 0.05) is 30.5 Å². The monoisotopic (exact) mass is 396 g/mol. The Morgan fingerprint density at radius 3 is 2.74 bits per heavy atom. The highest BCUT2D eigenvalue weighted by atomic mass is 32.2. The number of aromatic nitrogens is 3. The second-order valence-electron chi connectivity index (χ2n) is 5.95. The summed E-state index contributed by atoms with van der Waals surface area (Å²) in [6, 6.07) is 18.3. The Labute approximate surface area is 166 Å². The smallest absolute Gasteiger partial charge is 0.187 e. The summed E-state index contributed by atoms with van der Waals surface area (Å²) in [7, 11) is 1.72. The maximum Gasteiger partial charge on any atom is 0.187 e. The highest BCUT2D eigenvalue weighted by molar-refractivity contribution is 7.98. The first-order chi connectivity index (χ1) is 13.3. The van der Waals surface area contributed by atoms with Crippen LogP contribution in [0.4, 0.5) is 10.8 Å². The fourth-order valence-corrected chi connectivity index (χ4v) is 4.55. The van der Waals surface area contributed by atoms with Crippen molar-refractivity contribution in [3.63, 3.8) is 0 Å². The molecule has 2 aromatic heterocycles. The molecule has 4 aromatic rings. The van der Waals surface area contributed by atoms with Gasteiger partial charge in [-0.15, -0.1) is 11.3 Å². The highest BCUT2D eigenvalue weighted by Crippen LogP contribution is 2.28. The maximum absolute atomic E-state index is 5.26. The lowest BCUT2D eigenvalue weighted by Crippen LogP contribution is -2.05. The van der Waals surface area contributed by atoms with Crippen LogP contribution in [0.25, 0.3) is 11.0 Å². The second kappa shape index (κ2) is 8.56. The first kappa shape index (κ1) is 18.0. The molecule has 27 heavy (non-hydrogen) atoms. The number of benzene rings is 2. The van der Waals surface area contributed by atoms with E-state index in [0.29, 0.717) is 6.61 Å². The molecular weight excluding hydrogens is 376 g/mol. The van der Waals surface area contributed by atoms with Gasteiger partial charge in [0.05, 0.1) is 23.3 Å². The van der Waals surface area contributed by atoms with Crippen LogP contribution in [0.1, 0.15) is 5.69 Å². The van der Waals surface area contributed by atoms with Gasteiger partial charge in [-0.25, -0.2) is 9.97 Å². The molecular formula is C20H20N4OS2. The van der Waals surface area contributed by atoms with Gasteiger partial charge in [-0.05, 0) is 24.3 Å². The van der Waals surface area contributed by atoms with Gasteiger partial charge in [0.2, 0.25) is 0 Å². The van der Waals surface area contributed by atoms with Crippen molar-refractivity contribution >= 4 is 45.0 Å². The second-order valence-corrected chi connectivity index (χ2v) is 7.75. The van der Waals surface area contributed by atoms with Crippen molar-refractivity contribution in [2.75, 3.05) is 19.0 Å². The number of thiazole rings is 1. The Morgan fingerprint density at radius 2 is 1.89 bits per heavy atom. The van der Waals surface area contributed by atoms with E-state index in [-0.39, 0.29) is 0 Å². The number of thioether (sulfide) groups is 1. The number of imidazole rings is 1. The van der Waals surface area contributed by atoms with E-state index >= 15 is 0 Å². The van der Waals surface area contributed by atoms with Crippen molar-refractivity contribution in [3.05, 3.63) is 65.7 Å². The van der Waals surface area contributed by atoms with Crippen LogP contribution in [-0.2, 0) is 17.0 Å². The van der Waals surface area contributed by atoms with Gasteiger partial charge in [0.25, 0.3) is 0 Å². The number of ether oxygens (including phenoxy) is 1. The number of rotatable bonds is 8. The van der Waals surface area contributed by atoms with E-state index in [4.69, 9.17) is 14.7 Å². The van der Waals surface area contributed by atoms with Crippen LogP contribution in [0.5, 0.6) is 0 Å². The summed E-state index contributed by atoms with van der Waals surface area (Å²) in [5.74, 6) is 0.781. The number of nitrogens with zero attached hydrogens (tertiary/aromatic N) is 3.